The number of rotatable bonds is 2. The highest BCUT2D eigenvalue weighted by Crippen LogP contribution is 2.23. The molecule has 2 N–H and O–H groups in total. The van der Waals surface area contributed by atoms with Crippen molar-refractivity contribution in [3.05, 3.63) is 30.1 Å². The van der Waals surface area contributed by atoms with E-state index in [1.807, 2.05) is 12.1 Å². The summed E-state index contributed by atoms with van der Waals surface area (Å²) in [5.41, 5.74) is 6.62. The van der Waals surface area contributed by atoms with E-state index in [0.717, 1.165) is 18.7 Å². The molecule has 2 heterocycles. The summed E-state index contributed by atoms with van der Waals surface area (Å²) in [5.74, 6) is 0. The van der Waals surface area contributed by atoms with Gasteiger partial charge < -0.3 is 5.73 Å². The molecule has 1 aliphatic rings. The van der Waals surface area contributed by atoms with Crippen LogP contribution in [0.4, 0.5) is 0 Å². The molecule has 0 bridgehead atoms. The molecule has 0 saturated carbocycles. The van der Waals surface area contributed by atoms with Crippen LogP contribution in [0.1, 0.15) is 11.6 Å². The Morgan fingerprint density at radius 3 is 2.93 bits per heavy atom. The molecule has 0 aliphatic carbocycles. The molecule has 1 saturated heterocycles. The van der Waals surface area contributed by atoms with Gasteiger partial charge in [-0.3, -0.25) is 9.88 Å². The van der Waals surface area contributed by atoms with Gasteiger partial charge in [0.1, 0.15) is 6.04 Å². The zero-order valence-electron chi connectivity index (χ0n) is 7.80. The first-order valence-corrected chi connectivity index (χ1v) is 4.60. The molecule has 1 atom stereocenters. The van der Waals surface area contributed by atoms with Gasteiger partial charge in [0.15, 0.2) is 0 Å². The Hall–Kier alpha value is -1.44. The van der Waals surface area contributed by atoms with Crippen molar-refractivity contribution >= 4 is 0 Å². The fourth-order valence-corrected chi connectivity index (χ4v) is 1.66. The average molecular weight is 188 g/mol. The van der Waals surface area contributed by atoms with E-state index in [1.54, 1.807) is 12.4 Å². The van der Waals surface area contributed by atoms with Gasteiger partial charge in [0.2, 0.25) is 0 Å². The molecule has 4 heteroatoms. The largest absolute Gasteiger partial charge is 0.325 e. The van der Waals surface area contributed by atoms with E-state index in [2.05, 4.69) is 16.0 Å². The van der Waals surface area contributed by atoms with Gasteiger partial charge in [-0.25, -0.2) is 0 Å². The second-order valence-corrected chi connectivity index (χ2v) is 3.53. The zero-order chi connectivity index (χ0) is 9.97. The van der Waals surface area contributed by atoms with Gasteiger partial charge in [-0.05, 0) is 6.07 Å². The van der Waals surface area contributed by atoms with Gasteiger partial charge in [0.05, 0.1) is 6.07 Å². The molecule has 0 radical (unpaired) electrons. The summed E-state index contributed by atoms with van der Waals surface area (Å²) in [6.07, 6.45) is 3.44. The van der Waals surface area contributed by atoms with Crippen LogP contribution in [-0.2, 0) is 0 Å². The van der Waals surface area contributed by atoms with Crippen LogP contribution in [0, 0.1) is 11.3 Å². The quantitative estimate of drug-likeness (QED) is 0.724. The Kier molecular flexibility index (Phi) is 2.44. The van der Waals surface area contributed by atoms with E-state index in [0.29, 0.717) is 0 Å². The number of hydrogen-bond donors (Lipinski definition) is 1. The van der Waals surface area contributed by atoms with Crippen LogP contribution in [0.2, 0.25) is 0 Å². The van der Waals surface area contributed by atoms with Crippen molar-refractivity contribution in [3.8, 4) is 6.07 Å². The van der Waals surface area contributed by atoms with E-state index in [1.165, 1.54) is 0 Å². The lowest BCUT2D eigenvalue weighted by Crippen LogP contribution is -2.56. The standard InChI is InChI=1S/C10H12N4/c11-4-10(14-6-9(12)7-14)8-2-1-3-13-5-8/h1-3,5,9-10H,6-7,12H2/t10-/m0/s1. The minimum atomic E-state index is -0.191. The highest BCUT2D eigenvalue weighted by molar-refractivity contribution is 5.21. The van der Waals surface area contributed by atoms with Crippen molar-refractivity contribution in [1.29, 1.82) is 5.26 Å². The molecule has 0 amide bonds. The molecule has 14 heavy (non-hydrogen) atoms. The van der Waals surface area contributed by atoms with Gasteiger partial charge in [-0.2, -0.15) is 5.26 Å². The highest BCUT2D eigenvalue weighted by Gasteiger charge is 2.30. The van der Waals surface area contributed by atoms with Crippen LogP contribution < -0.4 is 5.73 Å². The number of nitriles is 1. The molecule has 1 aliphatic heterocycles. The maximum atomic E-state index is 9.04. The zero-order valence-corrected chi connectivity index (χ0v) is 7.80. The monoisotopic (exact) mass is 188 g/mol. The third-order valence-electron chi connectivity index (χ3n) is 2.43. The molecule has 0 spiro atoms. The summed E-state index contributed by atoms with van der Waals surface area (Å²) in [6, 6.07) is 6.07. The summed E-state index contributed by atoms with van der Waals surface area (Å²) in [6.45, 7) is 1.60. The van der Waals surface area contributed by atoms with Crippen molar-refractivity contribution in [3.63, 3.8) is 0 Å². The Bertz CT molecular complexity index is 337. The number of pyridine rings is 1. The molecule has 0 unspecified atom stereocenters. The first-order valence-electron chi connectivity index (χ1n) is 4.60. The summed E-state index contributed by atoms with van der Waals surface area (Å²) in [7, 11) is 0. The molecule has 1 aromatic heterocycles. The Balaban J connectivity index is 2.12. The maximum absolute atomic E-state index is 9.04. The van der Waals surface area contributed by atoms with Crippen LogP contribution in [0.25, 0.3) is 0 Å². The lowest BCUT2D eigenvalue weighted by molar-refractivity contribution is 0.121. The van der Waals surface area contributed by atoms with E-state index < -0.39 is 0 Å². The predicted molar refractivity (Wildman–Crippen MR) is 52.1 cm³/mol. The van der Waals surface area contributed by atoms with Gasteiger partial charge in [0, 0.05) is 37.1 Å². The van der Waals surface area contributed by atoms with Crippen molar-refractivity contribution in [2.24, 2.45) is 5.73 Å². The molecule has 72 valence electrons. The number of nitrogens with zero attached hydrogens (tertiary/aromatic N) is 3. The summed E-state index contributed by atoms with van der Waals surface area (Å²) in [5, 5.41) is 9.04. The highest BCUT2D eigenvalue weighted by atomic mass is 15.2. The van der Waals surface area contributed by atoms with E-state index in [9.17, 15) is 0 Å². The normalized spacial score (nSPS) is 19.7. The SMILES string of the molecule is N#C[C@@H](c1cccnc1)N1CC(N)C1. The van der Waals surface area contributed by atoms with E-state index in [4.69, 9.17) is 11.0 Å². The van der Waals surface area contributed by atoms with Crippen LogP contribution in [0.3, 0.4) is 0 Å². The predicted octanol–water partition coefficient (Wildman–Crippen LogP) is 0.289. The molecule has 0 aromatic carbocycles. The molecule has 1 fully saturated rings. The molecule has 2 rings (SSSR count). The summed E-state index contributed by atoms with van der Waals surface area (Å²) < 4.78 is 0. The van der Waals surface area contributed by atoms with Gasteiger partial charge in [-0.15, -0.1) is 0 Å². The number of likely N-dealkylation sites (tertiary alicyclic amines) is 1. The van der Waals surface area contributed by atoms with Gasteiger partial charge in [0.25, 0.3) is 0 Å². The summed E-state index contributed by atoms with van der Waals surface area (Å²) in [4.78, 5) is 6.06. The topological polar surface area (TPSA) is 65.9 Å². The molecular formula is C10H12N4. The second-order valence-electron chi connectivity index (χ2n) is 3.53. The van der Waals surface area contributed by atoms with Gasteiger partial charge in [-0.1, -0.05) is 6.07 Å². The van der Waals surface area contributed by atoms with Crippen LogP contribution >= 0.6 is 0 Å². The van der Waals surface area contributed by atoms with E-state index >= 15 is 0 Å². The van der Waals surface area contributed by atoms with Gasteiger partial charge >= 0.3 is 0 Å². The first-order chi connectivity index (χ1) is 6.81. The minimum absolute atomic E-state index is 0.191. The third kappa shape index (κ3) is 1.60. The molecular weight excluding hydrogens is 176 g/mol. The van der Waals surface area contributed by atoms with Crippen molar-refractivity contribution in [2.45, 2.75) is 12.1 Å². The van der Waals surface area contributed by atoms with Crippen LogP contribution in [0.15, 0.2) is 24.5 Å². The third-order valence-corrected chi connectivity index (χ3v) is 2.43. The Morgan fingerprint density at radius 2 is 2.43 bits per heavy atom. The second kappa shape index (κ2) is 3.74. The number of nitrogens with two attached hydrogens (primary N) is 1. The van der Waals surface area contributed by atoms with Crippen molar-refractivity contribution in [2.75, 3.05) is 13.1 Å². The molecule has 4 nitrogen and oxygen atoms in total. The first kappa shape index (κ1) is 9.13. The average Bonchev–Trinajstić information content (AvgIpc) is 2.18. The lowest BCUT2D eigenvalue weighted by Gasteiger charge is -2.39. The van der Waals surface area contributed by atoms with Crippen LogP contribution in [0.5, 0.6) is 0 Å². The molecule has 1 aromatic rings. The number of hydrogen-bond acceptors (Lipinski definition) is 4. The van der Waals surface area contributed by atoms with Crippen LogP contribution in [-0.4, -0.2) is 29.0 Å². The minimum Gasteiger partial charge on any atom is -0.325 e. The Labute approximate surface area is 83.0 Å². The summed E-state index contributed by atoms with van der Waals surface area (Å²) >= 11 is 0. The van der Waals surface area contributed by atoms with Crippen molar-refractivity contribution in [1.82, 2.24) is 9.88 Å². The maximum Gasteiger partial charge on any atom is 0.125 e. The van der Waals surface area contributed by atoms with Crippen molar-refractivity contribution < 1.29 is 0 Å². The fourth-order valence-electron chi connectivity index (χ4n) is 1.66. The van der Waals surface area contributed by atoms with E-state index in [-0.39, 0.29) is 12.1 Å². The smallest absolute Gasteiger partial charge is 0.125 e. The lowest BCUT2D eigenvalue weighted by atomic mass is 10.0. The number of aromatic nitrogens is 1. The Morgan fingerprint density at radius 1 is 1.64 bits per heavy atom. The fraction of sp³-hybridized carbons (Fsp3) is 0.400.